The summed E-state index contributed by atoms with van der Waals surface area (Å²) in [7, 11) is 1.82. The smallest absolute Gasteiger partial charge is 0.197 e. The van der Waals surface area contributed by atoms with E-state index >= 15 is 13.2 Å². The van der Waals surface area contributed by atoms with E-state index in [0.717, 1.165) is 17.6 Å². The van der Waals surface area contributed by atoms with E-state index in [9.17, 15) is 9.59 Å². The third kappa shape index (κ3) is 4.05. The molecule has 0 bridgehead atoms. The van der Waals surface area contributed by atoms with Crippen molar-refractivity contribution in [1.29, 1.82) is 0 Å². The zero-order chi connectivity index (χ0) is 30.0. The largest absolute Gasteiger partial charge is 0.288 e. The second kappa shape index (κ2) is 9.80. The van der Waals surface area contributed by atoms with Crippen molar-refractivity contribution in [2.45, 2.75) is 6.92 Å². The summed E-state index contributed by atoms with van der Waals surface area (Å²) in [4.78, 5) is 38.6. The quantitative estimate of drug-likeness (QED) is 0.156. The molecule has 1 aliphatic carbocycles. The van der Waals surface area contributed by atoms with E-state index in [1.54, 1.807) is 61.5 Å². The molecule has 0 fully saturated rings. The molecule has 0 spiro atoms. The number of rotatable bonds is 3. The van der Waals surface area contributed by atoms with E-state index in [-0.39, 0.29) is 39.8 Å². The minimum Gasteiger partial charge on any atom is -0.288 e. The van der Waals surface area contributed by atoms with E-state index in [1.807, 2.05) is 7.85 Å². The van der Waals surface area contributed by atoms with Gasteiger partial charge in [0.25, 0.3) is 0 Å². The van der Waals surface area contributed by atoms with Gasteiger partial charge in [-0.05, 0) is 55.0 Å². The predicted molar refractivity (Wildman–Crippen MR) is 161 cm³/mol. The van der Waals surface area contributed by atoms with Crippen LogP contribution in [0.4, 0.5) is 36.2 Å². The van der Waals surface area contributed by atoms with Gasteiger partial charge in [-0.3, -0.25) is 19.4 Å². The Balaban J connectivity index is 1.54. The zero-order valence-electron chi connectivity index (χ0n) is 22.9. The first-order valence-corrected chi connectivity index (χ1v) is 13.4. The molecule has 0 saturated heterocycles. The Morgan fingerprint density at radius 1 is 0.674 bits per heavy atom. The van der Waals surface area contributed by atoms with Crippen LogP contribution in [-0.4, -0.2) is 29.4 Å². The molecule has 0 atom stereocenters. The highest BCUT2D eigenvalue weighted by molar-refractivity contribution is 6.41. The average Bonchev–Trinajstić information content (AvgIpc) is 3.40. The second-order valence-corrected chi connectivity index (χ2v) is 10.3. The van der Waals surface area contributed by atoms with Gasteiger partial charge in [-0.25, -0.2) is 23.1 Å². The summed E-state index contributed by atoms with van der Waals surface area (Å²) < 4.78 is 46.6. The lowest BCUT2D eigenvalue weighted by Crippen LogP contribution is -2.25. The molecule has 2 aliphatic rings. The fourth-order valence-corrected chi connectivity index (χ4v) is 5.54. The number of fused-ring (bicyclic) bond motifs is 3. The fourth-order valence-electron chi connectivity index (χ4n) is 5.54. The number of benzene rings is 4. The molecule has 1 aliphatic heterocycles. The predicted octanol–water partition coefficient (Wildman–Crippen LogP) is 5.75. The highest BCUT2D eigenvalue weighted by Crippen LogP contribution is 2.50. The number of carbonyl (C=O) groups is 2. The standard InChI is InChI=1S/C33H20BF3N4O2/c1-17-6-4-7-22(35)28(17)40-27(15-14-20-30(42)19-13-12-18(34)16-21(19)31(20)43)41(29-23(36)8-5-9-24(29)37)33-32(40)38-25-10-2-3-11-26(25)39-33/h2-16H,34H2,1H3/b20-14+,27-15+. The van der Waals surface area contributed by atoms with Gasteiger partial charge < -0.3 is 0 Å². The minimum atomic E-state index is -0.900. The molecule has 10 heteroatoms. The molecule has 0 saturated carbocycles. The molecule has 7 rings (SSSR count). The molecule has 6 nitrogen and oxygen atoms in total. The van der Waals surface area contributed by atoms with Gasteiger partial charge in [-0.1, -0.05) is 54.0 Å². The van der Waals surface area contributed by atoms with Gasteiger partial charge in [0, 0.05) is 11.1 Å². The Labute approximate surface area is 244 Å². The van der Waals surface area contributed by atoms with Crippen LogP contribution in [0.1, 0.15) is 26.3 Å². The Morgan fingerprint density at radius 2 is 1.23 bits per heavy atom. The first-order valence-electron chi connectivity index (χ1n) is 13.4. The summed E-state index contributed by atoms with van der Waals surface area (Å²) in [6, 6.07) is 19.9. The zero-order valence-corrected chi connectivity index (χ0v) is 22.9. The number of anilines is 4. The van der Waals surface area contributed by atoms with Crippen molar-refractivity contribution in [3.63, 3.8) is 0 Å². The van der Waals surface area contributed by atoms with E-state index < -0.39 is 34.7 Å². The van der Waals surface area contributed by atoms with Crippen LogP contribution in [-0.2, 0) is 0 Å². The van der Waals surface area contributed by atoms with E-state index in [1.165, 1.54) is 34.1 Å². The molecule has 0 radical (unpaired) electrons. The maximum atomic E-state index is 15.6. The molecule has 0 N–H and O–H groups in total. The Kier molecular flexibility index (Phi) is 6.02. The summed E-state index contributed by atoms with van der Waals surface area (Å²) in [6.07, 6.45) is 2.67. The van der Waals surface area contributed by atoms with Gasteiger partial charge >= 0.3 is 0 Å². The van der Waals surface area contributed by atoms with Crippen molar-refractivity contribution in [1.82, 2.24) is 9.97 Å². The van der Waals surface area contributed by atoms with Crippen molar-refractivity contribution in [3.8, 4) is 0 Å². The Bertz CT molecular complexity index is 1970. The molecule has 0 unspecified atom stereocenters. The van der Waals surface area contributed by atoms with Gasteiger partial charge in [0.05, 0.1) is 22.3 Å². The SMILES string of the molecule is Bc1ccc2c(c1)C(=O)/C(=C/C=C1\N(c3c(C)cccc3F)c3nc4ccccc4nc3N1c1c(F)cccc1F)C2=O. The number of carbonyl (C=O) groups excluding carboxylic acids is 2. The molecule has 1 aromatic heterocycles. The molecule has 0 amide bonds. The first kappa shape index (κ1) is 26.4. The van der Waals surface area contributed by atoms with Crippen LogP contribution in [0.3, 0.4) is 0 Å². The lowest BCUT2D eigenvalue weighted by atomic mass is 9.93. The third-order valence-corrected chi connectivity index (χ3v) is 7.54. The molecular formula is C33H20BF3N4O2. The number of hydrogen-bond acceptors (Lipinski definition) is 6. The maximum absolute atomic E-state index is 15.6. The number of hydrogen-bond donors (Lipinski definition) is 0. The summed E-state index contributed by atoms with van der Waals surface area (Å²) in [5.74, 6) is -3.21. The number of aromatic nitrogens is 2. The lowest BCUT2D eigenvalue weighted by Gasteiger charge is -2.26. The van der Waals surface area contributed by atoms with Crippen LogP contribution in [0, 0.1) is 24.4 Å². The molecular weight excluding hydrogens is 552 g/mol. The Morgan fingerprint density at radius 3 is 1.86 bits per heavy atom. The Hall–Kier alpha value is -5.51. The molecule has 5 aromatic rings. The third-order valence-electron chi connectivity index (χ3n) is 7.54. The topological polar surface area (TPSA) is 66.4 Å². The van der Waals surface area contributed by atoms with Crippen molar-refractivity contribution < 1.29 is 22.8 Å². The van der Waals surface area contributed by atoms with Gasteiger partial charge in [0.1, 0.15) is 36.8 Å². The summed E-state index contributed by atoms with van der Waals surface area (Å²) in [5.41, 5.74) is 2.25. The monoisotopic (exact) mass is 572 g/mol. The molecule has 4 aromatic carbocycles. The van der Waals surface area contributed by atoms with E-state index in [0.29, 0.717) is 16.6 Å². The van der Waals surface area contributed by atoms with Crippen LogP contribution in [0.15, 0.2) is 102 Å². The number of ketones is 2. The number of allylic oxidation sites excluding steroid dienone is 3. The normalized spacial score (nSPS) is 16.1. The highest BCUT2D eigenvalue weighted by Gasteiger charge is 2.41. The van der Waals surface area contributed by atoms with Crippen LogP contribution in [0.2, 0.25) is 0 Å². The van der Waals surface area contributed by atoms with Crippen LogP contribution in [0.25, 0.3) is 11.0 Å². The second-order valence-electron chi connectivity index (χ2n) is 10.3. The highest BCUT2D eigenvalue weighted by atomic mass is 19.1. The van der Waals surface area contributed by atoms with Crippen LogP contribution in [0.5, 0.6) is 0 Å². The molecule has 208 valence electrons. The number of halogens is 3. The van der Waals surface area contributed by atoms with Gasteiger partial charge in [-0.15, -0.1) is 0 Å². The van der Waals surface area contributed by atoms with Crippen molar-refractivity contribution in [2.24, 2.45) is 0 Å². The number of aryl methyl sites for hydroxylation is 1. The van der Waals surface area contributed by atoms with E-state index in [2.05, 4.69) is 0 Å². The first-order chi connectivity index (χ1) is 20.7. The average molecular weight is 572 g/mol. The van der Waals surface area contributed by atoms with Crippen molar-refractivity contribution in [3.05, 3.63) is 137 Å². The molecule has 43 heavy (non-hydrogen) atoms. The molecule has 2 heterocycles. The van der Waals surface area contributed by atoms with Gasteiger partial charge in [0.2, 0.25) is 0 Å². The maximum Gasteiger partial charge on any atom is 0.197 e. The summed E-state index contributed by atoms with van der Waals surface area (Å²) in [5, 5.41) is 0. The summed E-state index contributed by atoms with van der Waals surface area (Å²) >= 11 is 0. The fraction of sp³-hybridized carbons (Fsp3) is 0.0303. The minimum absolute atomic E-state index is 0.0164. The summed E-state index contributed by atoms with van der Waals surface area (Å²) in [6.45, 7) is 1.69. The van der Waals surface area contributed by atoms with Crippen molar-refractivity contribution in [2.75, 3.05) is 9.80 Å². The van der Waals surface area contributed by atoms with Crippen LogP contribution >= 0.6 is 0 Å². The van der Waals surface area contributed by atoms with Crippen molar-refractivity contribution >= 4 is 58.9 Å². The van der Waals surface area contributed by atoms with Gasteiger partial charge in [0.15, 0.2) is 23.2 Å². The van der Waals surface area contributed by atoms with Gasteiger partial charge in [-0.2, -0.15) is 0 Å². The number of Topliss-reactive ketones (excluding diaryl/α,β-unsaturated/α-hetero) is 2. The number of nitrogens with zero attached hydrogens (tertiary/aromatic N) is 4. The van der Waals surface area contributed by atoms with Crippen LogP contribution < -0.4 is 15.3 Å². The van der Waals surface area contributed by atoms with E-state index in [4.69, 9.17) is 9.97 Å². The number of para-hydroxylation sites is 4. The lowest BCUT2D eigenvalue weighted by molar-refractivity contribution is 0.0988.